The third-order valence-corrected chi connectivity index (χ3v) is 18.4. The molecule has 496 valence electrons. The van der Waals surface area contributed by atoms with Gasteiger partial charge in [-0.05, 0) is 168 Å². The van der Waals surface area contributed by atoms with Crippen LogP contribution in [0.1, 0.15) is 0 Å². The van der Waals surface area contributed by atoms with Crippen LogP contribution in [0.3, 0.4) is 0 Å². The average Bonchev–Trinajstić information content (AvgIpc) is 0.805. The van der Waals surface area contributed by atoms with Crippen molar-refractivity contribution in [1.29, 1.82) is 0 Å². The Balaban J connectivity index is 0.000000112. The molecule has 4 heterocycles. The lowest BCUT2D eigenvalue weighted by atomic mass is 9.94. The highest BCUT2D eigenvalue weighted by Gasteiger charge is 2.16. The zero-order valence-electron chi connectivity index (χ0n) is 55.7. The lowest BCUT2D eigenvalue weighted by molar-refractivity contribution is 1.22. The van der Waals surface area contributed by atoms with Crippen LogP contribution in [0.5, 0.6) is 0 Å². The van der Waals surface area contributed by atoms with Gasteiger partial charge in [-0.1, -0.05) is 309 Å². The van der Waals surface area contributed by atoms with Crippen molar-refractivity contribution in [3.63, 3.8) is 0 Å². The second kappa shape index (κ2) is 31.6. The largest absolute Gasteiger partial charge is 0.223 e. The summed E-state index contributed by atoms with van der Waals surface area (Å²) in [4.78, 5) is 35.2. The third-order valence-electron chi connectivity index (χ3n) is 17.7. The fourth-order valence-corrected chi connectivity index (χ4v) is 13.4. The maximum atomic E-state index is 6.27. The van der Waals surface area contributed by atoms with Crippen molar-refractivity contribution in [2.75, 3.05) is 0 Å². The van der Waals surface area contributed by atoms with Crippen LogP contribution in [0.4, 0.5) is 0 Å². The highest BCUT2D eigenvalue weighted by Crippen LogP contribution is 2.38. The molecule has 0 atom stereocenters. The number of fused-ring (bicyclic) bond motifs is 4. The summed E-state index contributed by atoms with van der Waals surface area (Å²) in [5.41, 5.74) is 25.0. The summed E-state index contributed by atoms with van der Waals surface area (Å²) in [6.07, 6.45) is 0. The Morgan fingerprint density at radius 2 is 0.327 bits per heavy atom. The first kappa shape index (κ1) is 67.4. The van der Waals surface area contributed by atoms with Crippen LogP contribution in [0, 0.1) is 0 Å². The van der Waals surface area contributed by atoms with E-state index in [2.05, 4.69) is 246 Å². The van der Waals surface area contributed by atoms with Crippen LogP contribution in [0.25, 0.3) is 155 Å². The van der Waals surface area contributed by atoms with E-state index in [-0.39, 0.29) is 21.1 Å². The first-order valence-electron chi connectivity index (χ1n) is 33.7. The lowest BCUT2D eigenvalue weighted by Crippen LogP contribution is -1.93. The number of para-hydroxylation sites is 4. The van der Waals surface area contributed by atoms with Gasteiger partial charge in [0.15, 0.2) is 0 Å². The molecule has 0 saturated carbocycles. The normalized spacial score (nSPS) is 10.9. The molecule has 0 fully saturated rings. The first-order chi connectivity index (χ1) is 51.2. The molecule has 8 nitrogen and oxygen atoms in total. The molecule has 0 aliphatic carbocycles. The molecular weight excluding hydrogens is 1360 g/mol. The molecule has 0 N–H and O–H groups in total. The minimum atomic E-state index is 0.255. The molecule has 0 spiro atoms. The standard InChI is InChI=1S/2C26H17ClN2.2C20H13ClN2/c27-26-28-24-14-8-7-13-23(24)25(29-26)22-16-20(18-9-3-1-4-10-18)15-21(17-22)19-11-5-2-6-12-19;27-26-28-24-12-5-4-11-23(24)25(29-26)20-15-13-19(14-16-20)22-10-6-9-21(17-22)18-7-2-1-3-8-18;21-20-22-18-12-5-4-11-17(18)19(23-20)16-10-6-9-15(13-16)14-7-2-1-3-8-14;21-20-22-18-9-5-4-8-17(18)19(23-20)16-12-10-15(11-13-16)14-6-2-1-3-7-14/h2*1-17H;2*1-13H. The monoisotopic (exact) mass is 1420 g/mol. The fourth-order valence-electron chi connectivity index (χ4n) is 12.7. The molecule has 12 heteroatoms. The maximum absolute atomic E-state index is 6.27. The van der Waals surface area contributed by atoms with Crippen molar-refractivity contribution in [1.82, 2.24) is 39.9 Å². The van der Waals surface area contributed by atoms with E-state index in [0.717, 1.165) is 122 Å². The van der Waals surface area contributed by atoms with E-state index in [1.807, 2.05) is 158 Å². The van der Waals surface area contributed by atoms with E-state index in [1.165, 1.54) is 33.4 Å². The number of aromatic nitrogens is 8. The predicted molar refractivity (Wildman–Crippen MR) is 433 cm³/mol. The van der Waals surface area contributed by atoms with E-state index in [1.54, 1.807) is 0 Å². The van der Waals surface area contributed by atoms with Gasteiger partial charge in [0.2, 0.25) is 21.1 Å². The van der Waals surface area contributed by atoms with E-state index in [4.69, 9.17) is 46.4 Å². The molecule has 0 aliphatic heterocycles. The second-order valence-corrected chi connectivity index (χ2v) is 25.7. The Bertz CT molecular complexity index is 5960. The van der Waals surface area contributed by atoms with Gasteiger partial charge in [-0.25, -0.2) is 39.9 Å². The minimum absolute atomic E-state index is 0.255. The molecule has 0 amide bonds. The number of benzene rings is 14. The highest BCUT2D eigenvalue weighted by molar-refractivity contribution is 6.30. The predicted octanol–water partition coefficient (Wildman–Crippen LogP) is 25.8. The van der Waals surface area contributed by atoms with Crippen LogP contribution >= 0.6 is 46.4 Å². The highest BCUT2D eigenvalue weighted by atomic mass is 35.5. The van der Waals surface area contributed by atoms with Crippen molar-refractivity contribution in [3.8, 4) is 112 Å². The summed E-state index contributed by atoms with van der Waals surface area (Å²) in [6, 6.07) is 124. The molecule has 4 aromatic heterocycles. The van der Waals surface area contributed by atoms with Crippen molar-refractivity contribution < 1.29 is 0 Å². The molecule has 0 bridgehead atoms. The quantitative estimate of drug-likeness (QED) is 0.125. The zero-order valence-corrected chi connectivity index (χ0v) is 58.8. The van der Waals surface area contributed by atoms with Crippen molar-refractivity contribution in [2.24, 2.45) is 0 Å². The van der Waals surface area contributed by atoms with Gasteiger partial charge in [-0.15, -0.1) is 0 Å². The molecule has 0 aliphatic rings. The lowest BCUT2D eigenvalue weighted by Gasteiger charge is -2.12. The summed E-state index contributed by atoms with van der Waals surface area (Å²) in [5.74, 6) is 0. The number of rotatable bonds is 10. The summed E-state index contributed by atoms with van der Waals surface area (Å²) in [6.45, 7) is 0. The van der Waals surface area contributed by atoms with Crippen molar-refractivity contribution >= 4 is 90.0 Å². The Morgan fingerprint density at radius 3 is 0.654 bits per heavy atom. The van der Waals surface area contributed by atoms with Crippen LogP contribution in [0.2, 0.25) is 21.1 Å². The van der Waals surface area contributed by atoms with Gasteiger partial charge in [0.1, 0.15) is 0 Å². The van der Waals surface area contributed by atoms with Gasteiger partial charge in [0, 0.05) is 43.8 Å². The van der Waals surface area contributed by atoms with E-state index in [9.17, 15) is 0 Å². The Hall–Kier alpha value is -12.4. The summed E-state index contributed by atoms with van der Waals surface area (Å²) in [7, 11) is 0. The Kier molecular flexibility index (Phi) is 20.5. The smallest absolute Gasteiger partial charge is 0.218 e. The molecular formula is C92H60Cl4N8. The maximum Gasteiger partial charge on any atom is 0.223 e. The van der Waals surface area contributed by atoms with Crippen LogP contribution in [0.15, 0.2) is 364 Å². The van der Waals surface area contributed by atoms with Crippen LogP contribution in [-0.4, -0.2) is 39.9 Å². The molecule has 18 aromatic rings. The summed E-state index contributed by atoms with van der Waals surface area (Å²) < 4.78 is 0. The Labute approximate surface area is 622 Å². The number of hydrogen-bond acceptors (Lipinski definition) is 8. The summed E-state index contributed by atoms with van der Waals surface area (Å²) in [5, 5.41) is 5.04. The fraction of sp³-hybridized carbons (Fsp3) is 0. The van der Waals surface area contributed by atoms with E-state index < -0.39 is 0 Å². The van der Waals surface area contributed by atoms with E-state index in [0.29, 0.717) is 0 Å². The molecule has 104 heavy (non-hydrogen) atoms. The SMILES string of the molecule is Clc1nc(-c2cc(-c3ccccc3)cc(-c3ccccc3)c2)c2ccccc2n1.Clc1nc(-c2ccc(-c3cccc(-c4ccccc4)c3)cc2)c2ccccc2n1.Clc1nc(-c2ccc(-c3ccccc3)cc2)c2ccccc2n1.Clc1nc(-c2cccc(-c3ccccc3)c2)c2ccccc2n1. The molecule has 0 saturated heterocycles. The zero-order chi connectivity index (χ0) is 70.6. The number of nitrogens with zero attached hydrogens (tertiary/aromatic N) is 8. The molecule has 14 aromatic carbocycles. The summed E-state index contributed by atoms with van der Waals surface area (Å²) >= 11 is 24.6. The van der Waals surface area contributed by atoms with E-state index >= 15 is 0 Å². The second-order valence-electron chi connectivity index (χ2n) is 24.4. The molecule has 0 unspecified atom stereocenters. The Morgan fingerprint density at radius 1 is 0.135 bits per heavy atom. The van der Waals surface area contributed by atoms with Gasteiger partial charge in [-0.2, -0.15) is 0 Å². The topological polar surface area (TPSA) is 103 Å². The molecule has 18 rings (SSSR count). The van der Waals surface area contributed by atoms with Crippen molar-refractivity contribution in [3.05, 3.63) is 385 Å². The van der Waals surface area contributed by atoms with Crippen LogP contribution < -0.4 is 0 Å². The molecule has 0 radical (unpaired) electrons. The third kappa shape index (κ3) is 15.7. The first-order valence-corrected chi connectivity index (χ1v) is 35.2. The van der Waals surface area contributed by atoms with Gasteiger partial charge in [0.05, 0.1) is 44.8 Å². The van der Waals surface area contributed by atoms with Crippen molar-refractivity contribution in [2.45, 2.75) is 0 Å². The number of halogens is 4. The average molecular weight is 1420 g/mol. The number of hydrogen-bond donors (Lipinski definition) is 0. The minimum Gasteiger partial charge on any atom is -0.218 e. The van der Waals surface area contributed by atoms with Gasteiger partial charge in [0.25, 0.3) is 0 Å². The van der Waals surface area contributed by atoms with Gasteiger partial charge < -0.3 is 0 Å². The van der Waals surface area contributed by atoms with Crippen LogP contribution in [-0.2, 0) is 0 Å². The van der Waals surface area contributed by atoms with Gasteiger partial charge in [-0.3, -0.25) is 0 Å². The van der Waals surface area contributed by atoms with Gasteiger partial charge >= 0.3 is 0 Å².